The number of β-amino-alcohol motifs (C(OH)–C–C–N with tert-alkyl or cyclic N) is 1. The molecule has 1 unspecified atom stereocenters. The van der Waals surface area contributed by atoms with Gasteiger partial charge in [0.15, 0.2) is 0 Å². The second-order valence-electron chi connectivity index (χ2n) is 4.62. The van der Waals surface area contributed by atoms with Crippen molar-refractivity contribution < 1.29 is 9.50 Å². The van der Waals surface area contributed by atoms with Crippen LogP contribution in [-0.2, 0) is 6.42 Å². The Morgan fingerprint density at radius 3 is 2.94 bits per heavy atom. The van der Waals surface area contributed by atoms with Crippen LogP contribution in [0.2, 0.25) is 0 Å². The van der Waals surface area contributed by atoms with Crippen LogP contribution in [0.5, 0.6) is 0 Å². The van der Waals surface area contributed by atoms with Gasteiger partial charge in [0.05, 0.1) is 5.60 Å². The summed E-state index contributed by atoms with van der Waals surface area (Å²) in [5.74, 6) is -0.256. The van der Waals surface area contributed by atoms with Crippen LogP contribution in [0, 0.1) is 5.82 Å². The lowest BCUT2D eigenvalue weighted by molar-refractivity contribution is 0.0521. The fourth-order valence-electron chi connectivity index (χ4n) is 2.24. The lowest BCUT2D eigenvalue weighted by atomic mass is 9.94. The third kappa shape index (κ3) is 2.62. The van der Waals surface area contributed by atoms with Gasteiger partial charge in [0.2, 0.25) is 0 Å². The molecule has 1 aliphatic heterocycles. The molecule has 0 radical (unpaired) electrons. The van der Waals surface area contributed by atoms with E-state index in [9.17, 15) is 9.50 Å². The van der Waals surface area contributed by atoms with Gasteiger partial charge in [-0.2, -0.15) is 0 Å². The first-order valence-corrected chi connectivity index (χ1v) is 6.13. The second kappa shape index (κ2) is 4.43. The zero-order valence-corrected chi connectivity index (χ0v) is 10.8. The molecule has 2 nitrogen and oxygen atoms in total. The number of hydrogen-bond donors (Lipinski definition) is 1. The van der Waals surface area contributed by atoms with Crippen molar-refractivity contribution in [3.63, 3.8) is 0 Å². The third-order valence-electron chi connectivity index (χ3n) is 3.05. The van der Waals surface area contributed by atoms with E-state index in [1.54, 1.807) is 6.07 Å². The van der Waals surface area contributed by atoms with Crippen LogP contribution >= 0.6 is 15.9 Å². The quantitative estimate of drug-likeness (QED) is 0.902. The fourth-order valence-corrected chi connectivity index (χ4v) is 2.62. The van der Waals surface area contributed by atoms with Crippen molar-refractivity contribution in [1.82, 2.24) is 4.90 Å². The fraction of sp³-hybridized carbons (Fsp3) is 0.500. The topological polar surface area (TPSA) is 23.5 Å². The number of aliphatic hydroxyl groups is 1. The highest BCUT2D eigenvalue weighted by molar-refractivity contribution is 9.10. The third-order valence-corrected chi connectivity index (χ3v) is 3.82. The largest absolute Gasteiger partial charge is 0.388 e. The summed E-state index contributed by atoms with van der Waals surface area (Å²) in [5.41, 5.74) is 0.114. The molecule has 1 aliphatic rings. The molecule has 0 bridgehead atoms. The van der Waals surface area contributed by atoms with E-state index in [1.807, 2.05) is 7.05 Å². The summed E-state index contributed by atoms with van der Waals surface area (Å²) >= 11 is 3.39. The minimum absolute atomic E-state index is 0.256. The van der Waals surface area contributed by atoms with Crippen molar-refractivity contribution in [3.8, 4) is 0 Å². The molecule has 2 rings (SSSR count). The van der Waals surface area contributed by atoms with E-state index in [1.165, 1.54) is 12.1 Å². The van der Waals surface area contributed by atoms with E-state index in [4.69, 9.17) is 0 Å². The highest BCUT2D eigenvalue weighted by Gasteiger charge is 2.34. The van der Waals surface area contributed by atoms with E-state index < -0.39 is 5.60 Å². The number of halogens is 2. The number of nitrogens with zero attached hydrogens (tertiary/aromatic N) is 1. The average molecular weight is 288 g/mol. The molecule has 0 amide bonds. The van der Waals surface area contributed by atoms with Gasteiger partial charge in [0, 0.05) is 24.0 Å². The predicted molar refractivity (Wildman–Crippen MR) is 64.9 cm³/mol. The molecule has 1 aromatic rings. The standard InChI is InChI=1S/C12H15BrFNO/c1-15-5-4-12(16,8-15)7-9-6-10(14)2-3-11(9)13/h2-3,6,16H,4-5,7-8H2,1H3. The first-order chi connectivity index (χ1) is 7.48. The van der Waals surface area contributed by atoms with E-state index in [-0.39, 0.29) is 5.82 Å². The lowest BCUT2D eigenvalue weighted by Crippen LogP contribution is -2.34. The highest BCUT2D eigenvalue weighted by atomic mass is 79.9. The normalized spacial score (nSPS) is 26.2. The predicted octanol–water partition coefficient (Wildman–Crippen LogP) is 2.20. The summed E-state index contributed by atoms with van der Waals surface area (Å²) in [5, 5.41) is 10.3. The summed E-state index contributed by atoms with van der Waals surface area (Å²) in [7, 11) is 1.98. The Morgan fingerprint density at radius 1 is 1.56 bits per heavy atom. The van der Waals surface area contributed by atoms with Crippen molar-refractivity contribution in [3.05, 3.63) is 34.1 Å². The number of likely N-dealkylation sites (N-methyl/N-ethyl adjacent to an activating group) is 1. The Hall–Kier alpha value is -0.450. The van der Waals surface area contributed by atoms with E-state index in [2.05, 4.69) is 20.8 Å². The molecule has 1 aromatic carbocycles. The smallest absolute Gasteiger partial charge is 0.123 e. The maximum absolute atomic E-state index is 13.1. The first-order valence-electron chi connectivity index (χ1n) is 5.33. The maximum atomic E-state index is 13.1. The minimum Gasteiger partial charge on any atom is -0.388 e. The van der Waals surface area contributed by atoms with E-state index in [0.29, 0.717) is 13.0 Å². The van der Waals surface area contributed by atoms with Crippen LogP contribution < -0.4 is 0 Å². The molecular weight excluding hydrogens is 273 g/mol. The Balaban J connectivity index is 2.17. The van der Waals surface area contributed by atoms with Gasteiger partial charge in [-0.25, -0.2) is 4.39 Å². The van der Waals surface area contributed by atoms with Crippen LogP contribution in [0.15, 0.2) is 22.7 Å². The molecule has 1 atom stereocenters. The molecule has 0 saturated carbocycles. The van der Waals surface area contributed by atoms with Gasteiger partial charge >= 0.3 is 0 Å². The molecule has 88 valence electrons. The van der Waals surface area contributed by atoms with E-state index >= 15 is 0 Å². The number of hydrogen-bond acceptors (Lipinski definition) is 2. The van der Waals surface area contributed by atoms with Crippen LogP contribution in [-0.4, -0.2) is 35.7 Å². The monoisotopic (exact) mass is 287 g/mol. The van der Waals surface area contributed by atoms with Gasteiger partial charge in [0.25, 0.3) is 0 Å². The van der Waals surface area contributed by atoms with Gasteiger partial charge in [-0.3, -0.25) is 0 Å². The zero-order chi connectivity index (χ0) is 11.8. The van der Waals surface area contributed by atoms with Crippen molar-refractivity contribution >= 4 is 15.9 Å². The number of likely N-dealkylation sites (tertiary alicyclic amines) is 1. The summed E-state index contributed by atoms with van der Waals surface area (Å²) in [6.45, 7) is 1.54. The lowest BCUT2D eigenvalue weighted by Gasteiger charge is -2.23. The van der Waals surface area contributed by atoms with Crippen LogP contribution in [0.4, 0.5) is 4.39 Å². The molecule has 0 aliphatic carbocycles. The highest BCUT2D eigenvalue weighted by Crippen LogP contribution is 2.28. The van der Waals surface area contributed by atoms with Crippen LogP contribution in [0.25, 0.3) is 0 Å². The maximum Gasteiger partial charge on any atom is 0.123 e. The molecular formula is C12H15BrFNO. The van der Waals surface area contributed by atoms with Gasteiger partial charge in [0.1, 0.15) is 5.82 Å². The van der Waals surface area contributed by atoms with Gasteiger partial charge < -0.3 is 10.0 Å². The average Bonchev–Trinajstić information content (AvgIpc) is 2.52. The molecule has 16 heavy (non-hydrogen) atoms. The molecule has 0 aromatic heterocycles. The Morgan fingerprint density at radius 2 is 2.31 bits per heavy atom. The molecule has 4 heteroatoms. The van der Waals surface area contributed by atoms with E-state index in [0.717, 1.165) is 23.0 Å². The van der Waals surface area contributed by atoms with Crippen LogP contribution in [0.1, 0.15) is 12.0 Å². The Kier molecular flexibility index (Phi) is 3.33. The molecule has 1 fully saturated rings. The van der Waals surface area contributed by atoms with Crippen molar-refractivity contribution in [1.29, 1.82) is 0 Å². The van der Waals surface area contributed by atoms with Gasteiger partial charge in [-0.15, -0.1) is 0 Å². The minimum atomic E-state index is -0.717. The van der Waals surface area contributed by atoms with Crippen molar-refractivity contribution in [2.45, 2.75) is 18.4 Å². The summed E-state index contributed by atoms with van der Waals surface area (Å²) in [6, 6.07) is 4.59. The zero-order valence-electron chi connectivity index (χ0n) is 9.21. The van der Waals surface area contributed by atoms with Gasteiger partial charge in [-0.1, -0.05) is 15.9 Å². The molecule has 1 heterocycles. The molecule has 1 saturated heterocycles. The molecule has 1 N–H and O–H groups in total. The molecule has 0 spiro atoms. The second-order valence-corrected chi connectivity index (χ2v) is 5.48. The Labute approximate surface area is 103 Å². The van der Waals surface area contributed by atoms with Crippen molar-refractivity contribution in [2.75, 3.05) is 20.1 Å². The summed E-state index contributed by atoms with van der Waals surface area (Å²) in [4.78, 5) is 2.09. The number of rotatable bonds is 2. The summed E-state index contributed by atoms with van der Waals surface area (Å²) in [6.07, 6.45) is 1.24. The number of benzene rings is 1. The van der Waals surface area contributed by atoms with Crippen molar-refractivity contribution in [2.24, 2.45) is 0 Å². The first kappa shape index (κ1) is 12.0. The summed E-state index contributed by atoms with van der Waals surface area (Å²) < 4.78 is 14.0. The van der Waals surface area contributed by atoms with Crippen LogP contribution in [0.3, 0.4) is 0 Å². The van der Waals surface area contributed by atoms with Gasteiger partial charge in [-0.05, 0) is 37.2 Å². The Bertz CT molecular complexity index is 399. The SMILES string of the molecule is CN1CCC(O)(Cc2cc(F)ccc2Br)C1.